The molecule has 2 atom stereocenters. The van der Waals surface area contributed by atoms with Gasteiger partial charge >= 0.3 is 0 Å². The smallest absolute Gasteiger partial charge is 0.264 e. The summed E-state index contributed by atoms with van der Waals surface area (Å²) in [5.41, 5.74) is 2.20. The lowest BCUT2D eigenvalue weighted by molar-refractivity contribution is -0.140. The minimum atomic E-state index is -4.13. The first kappa shape index (κ1) is 30.2. The highest BCUT2D eigenvalue weighted by Crippen LogP contribution is 2.26. The molecule has 39 heavy (non-hydrogen) atoms. The van der Waals surface area contributed by atoms with Gasteiger partial charge in [-0.1, -0.05) is 67.9 Å². The van der Waals surface area contributed by atoms with Crippen LogP contribution in [-0.4, -0.2) is 43.8 Å². The molecule has 3 rings (SSSR count). The van der Waals surface area contributed by atoms with E-state index in [2.05, 4.69) is 5.32 Å². The number of carbonyl (C=O) groups is 2. The van der Waals surface area contributed by atoms with Crippen LogP contribution in [-0.2, 0) is 26.2 Å². The quantitative estimate of drug-likeness (QED) is 0.309. The lowest BCUT2D eigenvalue weighted by Gasteiger charge is -2.34. The van der Waals surface area contributed by atoms with Crippen molar-refractivity contribution in [3.63, 3.8) is 0 Å². The Bertz CT molecular complexity index is 1360. The van der Waals surface area contributed by atoms with Crippen LogP contribution in [0.2, 0.25) is 5.02 Å². The van der Waals surface area contributed by atoms with Gasteiger partial charge in [0.25, 0.3) is 10.0 Å². The number of hydrogen-bond acceptors (Lipinski definition) is 4. The van der Waals surface area contributed by atoms with E-state index in [0.29, 0.717) is 17.1 Å². The van der Waals surface area contributed by atoms with Crippen molar-refractivity contribution in [3.05, 3.63) is 95.0 Å². The summed E-state index contributed by atoms with van der Waals surface area (Å²) in [5.74, 6) is -0.744. The van der Waals surface area contributed by atoms with Gasteiger partial charge in [0.05, 0.1) is 10.6 Å². The first-order valence-electron chi connectivity index (χ1n) is 13.1. The largest absolute Gasteiger partial charge is 0.352 e. The van der Waals surface area contributed by atoms with E-state index in [-0.39, 0.29) is 23.4 Å². The Labute approximate surface area is 236 Å². The third-order valence-electron chi connectivity index (χ3n) is 6.71. The van der Waals surface area contributed by atoms with Crippen molar-refractivity contribution in [1.82, 2.24) is 10.2 Å². The molecule has 0 saturated carbocycles. The standard InChI is InChI=1S/C30H36ClN3O4S/c1-5-23(4)32-30(36)28(6-2)33(20-24-13-11-10-12-22(24)3)29(35)21-34(26-14-8-7-9-15-26)39(37,38)27-18-16-25(31)17-19-27/h7-19,23,28H,5-6,20-21H2,1-4H3,(H,32,36)/t23-,28+/m1/s1. The zero-order chi connectivity index (χ0) is 28.6. The highest BCUT2D eigenvalue weighted by atomic mass is 35.5. The molecule has 0 aliphatic carbocycles. The number of nitrogens with one attached hydrogen (secondary N) is 1. The number of aryl methyl sites for hydroxylation is 1. The van der Waals surface area contributed by atoms with E-state index in [9.17, 15) is 18.0 Å². The zero-order valence-corrected chi connectivity index (χ0v) is 24.4. The van der Waals surface area contributed by atoms with Crippen LogP contribution < -0.4 is 9.62 Å². The second-order valence-electron chi connectivity index (χ2n) is 9.49. The molecule has 0 aliphatic heterocycles. The van der Waals surface area contributed by atoms with Gasteiger partial charge in [-0.2, -0.15) is 0 Å². The Hall–Kier alpha value is -3.36. The molecule has 0 radical (unpaired) electrons. The van der Waals surface area contributed by atoms with Crippen molar-refractivity contribution in [2.75, 3.05) is 10.8 Å². The fraction of sp³-hybridized carbons (Fsp3) is 0.333. The van der Waals surface area contributed by atoms with Gasteiger partial charge < -0.3 is 10.2 Å². The maximum Gasteiger partial charge on any atom is 0.264 e. The topological polar surface area (TPSA) is 86.8 Å². The first-order chi connectivity index (χ1) is 18.6. The third kappa shape index (κ3) is 7.61. The van der Waals surface area contributed by atoms with E-state index in [0.717, 1.165) is 21.9 Å². The first-order valence-corrected chi connectivity index (χ1v) is 14.9. The van der Waals surface area contributed by atoms with Crippen LogP contribution in [0, 0.1) is 6.92 Å². The number of carbonyl (C=O) groups excluding carboxylic acids is 2. The SMILES string of the molecule is CC[C@@H](C)NC(=O)[C@H](CC)N(Cc1ccccc1C)C(=O)CN(c1ccccc1)S(=O)(=O)c1ccc(Cl)cc1. The average Bonchev–Trinajstić information content (AvgIpc) is 2.93. The van der Waals surface area contributed by atoms with Crippen LogP contribution in [0.5, 0.6) is 0 Å². The average molecular weight is 570 g/mol. The van der Waals surface area contributed by atoms with Crippen molar-refractivity contribution in [1.29, 1.82) is 0 Å². The summed E-state index contributed by atoms with van der Waals surface area (Å²) >= 11 is 5.99. The molecule has 0 aromatic heterocycles. The molecule has 0 bridgehead atoms. The fourth-order valence-corrected chi connectivity index (χ4v) is 5.73. The van der Waals surface area contributed by atoms with E-state index in [1.807, 2.05) is 52.0 Å². The molecule has 7 nitrogen and oxygen atoms in total. The summed E-state index contributed by atoms with van der Waals surface area (Å²) in [4.78, 5) is 28.9. The summed E-state index contributed by atoms with van der Waals surface area (Å²) in [5, 5.41) is 3.39. The Morgan fingerprint density at radius 2 is 1.51 bits per heavy atom. The van der Waals surface area contributed by atoms with Gasteiger partial charge in [-0.25, -0.2) is 8.42 Å². The van der Waals surface area contributed by atoms with Gasteiger partial charge in [-0.3, -0.25) is 13.9 Å². The van der Waals surface area contributed by atoms with Gasteiger partial charge in [0.15, 0.2) is 0 Å². The molecule has 0 fully saturated rings. The van der Waals surface area contributed by atoms with Crippen LogP contribution in [0.15, 0.2) is 83.8 Å². The fourth-order valence-electron chi connectivity index (χ4n) is 4.19. The molecule has 0 aliphatic rings. The molecular weight excluding hydrogens is 534 g/mol. The number of anilines is 1. The molecule has 1 N–H and O–H groups in total. The van der Waals surface area contributed by atoms with E-state index in [1.54, 1.807) is 30.3 Å². The Morgan fingerprint density at radius 3 is 2.10 bits per heavy atom. The van der Waals surface area contributed by atoms with Crippen molar-refractivity contribution < 1.29 is 18.0 Å². The molecule has 3 aromatic carbocycles. The number of halogens is 1. The third-order valence-corrected chi connectivity index (χ3v) is 8.75. The molecule has 2 amide bonds. The maximum atomic E-state index is 14.1. The summed E-state index contributed by atoms with van der Waals surface area (Å²) in [6, 6.07) is 21.1. The number of nitrogens with zero attached hydrogens (tertiary/aromatic N) is 2. The lowest BCUT2D eigenvalue weighted by atomic mass is 10.1. The summed E-state index contributed by atoms with van der Waals surface area (Å²) in [7, 11) is -4.13. The minimum absolute atomic E-state index is 0.00978. The molecule has 0 spiro atoms. The highest BCUT2D eigenvalue weighted by molar-refractivity contribution is 7.92. The molecule has 3 aromatic rings. The van der Waals surface area contributed by atoms with E-state index in [1.165, 1.54) is 29.2 Å². The summed E-state index contributed by atoms with van der Waals surface area (Å²) in [6.45, 7) is 7.36. The molecule has 0 heterocycles. The van der Waals surface area contributed by atoms with E-state index >= 15 is 0 Å². The van der Waals surface area contributed by atoms with E-state index < -0.39 is 28.5 Å². The van der Waals surface area contributed by atoms with Crippen LogP contribution in [0.4, 0.5) is 5.69 Å². The number of para-hydroxylation sites is 1. The van der Waals surface area contributed by atoms with Crippen molar-refractivity contribution >= 4 is 39.1 Å². The van der Waals surface area contributed by atoms with Gasteiger partial charge in [0.1, 0.15) is 12.6 Å². The van der Waals surface area contributed by atoms with Gasteiger partial charge in [0.2, 0.25) is 11.8 Å². The molecule has 0 saturated heterocycles. The van der Waals surface area contributed by atoms with Crippen molar-refractivity contribution in [3.8, 4) is 0 Å². The van der Waals surface area contributed by atoms with Crippen LogP contribution in [0.25, 0.3) is 0 Å². The number of sulfonamides is 1. The Balaban J connectivity index is 2.04. The van der Waals surface area contributed by atoms with Crippen LogP contribution >= 0.6 is 11.6 Å². The summed E-state index contributed by atoms with van der Waals surface area (Å²) in [6.07, 6.45) is 1.12. The second-order valence-corrected chi connectivity index (χ2v) is 11.8. The second kappa shape index (κ2) is 13.6. The monoisotopic (exact) mass is 569 g/mol. The van der Waals surface area contributed by atoms with Gasteiger partial charge in [-0.05, 0) is 74.2 Å². The lowest BCUT2D eigenvalue weighted by Crippen LogP contribution is -2.53. The molecule has 0 unspecified atom stereocenters. The Morgan fingerprint density at radius 1 is 0.897 bits per heavy atom. The molecule has 208 valence electrons. The number of benzene rings is 3. The molecular formula is C30H36ClN3O4S. The number of hydrogen-bond donors (Lipinski definition) is 1. The van der Waals surface area contributed by atoms with Crippen molar-refractivity contribution in [2.45, 2.75) is 64.1 Å². The normalized spacial score (nSPS) is 12.8. The number of rotatable bonds is 12. The van der Waals surface area contributed by atoms with Crippen molar-refractivity contribution in [2.24, 2.45) is 0 Å². The van der Waals surface area contributed by atoms with Crippen LogP contribution in [0.1, 0.15) is 44.7 Å². The Kier molecular flexibility index (Phi) is 10.5. The summed E-state index contributed by atoms with van der Waals surface area (Å²) < 4.78 is 28.7. The minimum Gasteiger partial charge on any atom is -0.352 e. The maximum absolute atomic E-state index is 14.1. The van der Waals surface area contributed by atoms with Gasteiger partial charge in [-0.15, -0.1) is 0 Å². The van der Waals surface area contributed by atoms with Crippen LogP contribution in [0.3, 0.4) is 0 Å². The predicted molar refractivity (Wildman–Crippen MR) is 156 cm³/mol. The van der Waals surface area contributed by atoms with Gasteiger partial charge in [0, 0.05) is 17.6 Å². The highest BCUT2D eigenvalue weighted by Gasteiger charge is 2.34. The molecule has 9 heteroatoms. The van der Waals surface area contributed by atoms with E-state index in [4.69, 9.17) is 11.6 Å². The predicted octanol–water partition coefficient (Wildman–Crippen LogP) is 5.57. The zero-order valence-electron chi connectivity index (χ0n) is 22.8. The number of amides is 2.